The van der Waals surface area contributed by atoms with Crippen LogP contribution in [-0.4, -0.2) is 33.7 Å². The summed E-state index contributed by atoms with van der Waals surface area (Å²) < 4.78 is 10.6. The fraction of sp³-hybridized carbons (Fsp3) is 0.348. The van der Waals surface area contributed by atoms with Crippen LogP contribution in [0.3, 0.4) is 0 Å². The summed E-state index contributed by atoms with van der Waals surface area (Å²) in [5, 5.41) is 1.69. The van der Waals surface area contributed by atoms with Gasteiger partial charge in [-0.25, -0.2) is 4.99 Å². The van der Waals surface area contributed by atoms with E-state index in [1.807, 2.05) is 61.6 Å². The lowest BCUT2D eigenvalue weighted by molar-refractivity contribution is 0.429. The average molecular weight is 475 g/mol. The van der Waals surface area contributed by atoms with Gasteiger partial charge in [-0.1, -0.05) is 35.3 Å². The van der Waals surface area contributed by atoms with Crippen molar-refractivity contribution in [1.29, 1.82) is 0 Å². The van der Waals surface area contributed by atoms with Crippen molar-refractivity contribution in [2.45, 2.75) is 45.1 Å². The minimum Gasteiger partial charge on any atom is -0.428 e. The van der Waals surface area contributed by atoms with E-state index in [2.05, 4.69) is 28.2 Å². The van der Waals surface area contributed by atoms with Crippen molar-refractivity contribution >= 4 is 46.8 Å². The highest BCUT2D eigenvalue weighted by atomic mass is 35.5. The second kappa shape index (κ2) is 8.77. The number of nitrogens with zero attached hydrogens (tertiary/aromatic N) is 4. The predicted octanol–water partition coefficient (Wildman–Crippen LogP) is 7.03. The molecule has 0 amide bonds. The van der Waals surface area contributed by atoms with Gasteiger partial charge >= 0.3 is 0 Å². The molecular formula is C23H24Cl2N4OS. The Balaban J connectivity index is 1.52. The van der Waals surface area contributed by atoms with Crippen LogP contribution in [0.2, 0.25) is 10.0 Å². The van der Waals surface area contributed by atoms with Crippen molar-refractivity contribution in [3.63, 3.8) is 0 Å². The molecule has 0 atom stereocenters. The van der Waals surface area contributed by atoms with Crippen LogP contribution in [0.15, 0.2) is 41.4 Å². The molecule has 162 valence electrons. The normalized spacial score (nSPS) is 14.9. The number of aliphatic imine (C=N–C) groups is 1. The van der Waals surface area contributed by atoms with E-state index in [0.717, 1.165) is 34.9 Å². The molecule has 8 heteroatoms. The second-order valence-electron chi connectivity index (χ2n) is 8.15. The quantitative estimate of drug-likeness (QED) is 0.272. The van der Waals surface area contributed by atoms with Gasteiger partial charge in [0.15, 0.2) is 5.82 Å². The summed E-state index contributed by atoms with van der Waals surface area (Å²) in [6, 6.07) is 12.0. The van der Waals surface area contributed by atoms with Gasteiger partial charge in [0, 0.05) is 29.6 Å². The molecule has 0 radical (unpaired) electrons. The number of hydrogen-bond donors (Lipinski definition) is 0. The van der Waals surface area contributed by atoms with Gasteiger partial charge in [0.1, 0.15) is 5.75 Å². The molecule has 1 aliphatic carbocycles. The Morgan fingerprint density at radius 1 is 1.19 bits per heavy atom. The number of benzene rings is 2. The first-order chi connectivity index (χ1) is 14.8. The van der Waals surface area contributed by atoms with Gasteiger partial charge in [-0.05, 0) is 69.0 Å². The van der Waals surface area contributed by atoms with Crippen LogP contribution < -0.4 is 4.74 Å². The van der Waals surface area contributed by atoms with E-state index in [9.17, 15) is 0 Å². The maximum atomic E-state index is 6.48. The molecule has 0 bridgehead atoms. The zero-order valence-corrected chi connectivity index (χ0v) is 20.2. The maximum Gasteiger partial charge on any atom is 0.298 e. The number of rotatable bonds is 7. The van der Waals surface area contributed by atoms with Gasteiger partial charge in [-0.15, -0.1) is 0 Å². The molecule has 4 rings (SSSR count). The van der Waals surface area contributed by atoms with Gasteiger partial charge in [-0.2, -0.15) is 9.36 Å². The van der Waals surface area contributed by atoms with Crippen LogP contribution in [0, 0.1) is 6.92 Å². The third kappa shape index (κ3) is 4.71. The minimum absolute atomic E-state index is 0.135. The van der Waals surface area contributed by atoms with Crippen molar-refractivity contribution in [3.8, 4) is 10.9 Å². The number of ether oxygens (including phenoxy) is 1. The zero-order chi connectivity index (χ0) is 22.2. The summed E-state index contributed by atoms with van der Waals surface area (Å²) in [4.78, 5) is 11.3. The fourth-order valence-corrected chi connectivity index (χ4v) is 4.18. The molecule has 1 heterocycles. The molecule has 0 unspecified atom stereocenters. The molecule has 1 aromatic heterocycles. The lowest BCUT2D eigenvalue weighted by Gasteiger charge is -2.17. The van der Waals surface area contributed by atoms with Gasteiger partial charge < -0.3 is 9.64 Å². The summed E-state index contributed by atoms with van der Waals surface area (Å²) in [5.41, 5.74) is 2.83. The van der Waals surface area contributed by atoms with E-state index < -0.39 is 0 Å². The van der Waals surface area contributed by atoms with Gasteiger partial charge in [0.25, 0.3) is 5.19 Å². The molecular weight excluding hydrogens is 451 g/mol. The molecule has 2 aromatic carbocycles. The largest absolute Gasteiger partial charge is 0.428 e. The van der Waals surface area contributed by atoms with E-state index in [4.69, 9.17) is 27.9 Å². The molecule has 0 aliphatic heterocycles. The van der Waals surface area contributed by atoms with Crippen LogP contribution in [0.4, 0.5) is 5.69 Å². The molecule has 0 spiro atoms. The first-order valence-corrected chi connectivity index (χ1v) is 11.7. The monoisotopic (exact) mass is 474 g/mol. The Bertz CT molecular complexity index is 1110. The first kappa shape index (κ1) is 22.1. The van der Waals surface area contributed by atoms with Crippen LogP contribution >= 0.6 is 34.7 Å². The van der Waals surface area contributed by atoms with Crippen molar-refractivity contribution < 1.29 is 4.74 Å². The molecule has 31 heavy (non-hydrogen) atoms. The van der Waals surface area contributed by atoms with E-state index in [1.54, 1.807) is 0 Å². The minimum atomic E-state index is -0.135. The van der Waals surface area contributed by atoms with Crippen LogP contribution in [0.5, 0.6) is 10.9 Å². The first-order valence-electron chi connectivity index (χ1n) is 10.1. The second-order valence-corrected chi connectivity index (χ2v) is 9.71. The Morgan fingerprint density at radius 2 is 1.90 bits per heavy atom. The molecule has 0 N–H and O–H groups in total. The van der Waals surface area contributed by atoms with Crippen molar-refractivity contribution in [1.82, 2.24) is 14.3 Å². The molecule has 1 aliphatic rings. The number of halogens is 2. The summed E-state index contributed by atoms with van der Waals surface area (Å²) >= 11 is 13.8. The smallest absolute Gasteiger partial charge is 0.298 e. The number of hydrogen-bond acceptors (Lipinski definition) is 5. The fourth-order valence-electron chi connectivity index (χ4n) is 3.22. The van der Waals surface area contributed by atoms with Crippen LogP contribution in [0.1, 0.15) is 43.6 Å². The summed E-state index contributed by atoms with van der Waals surface area (Å²) in [5.74, 6) is 1.34. The highest BCUT2D eigenvalue weighted by Crippen LogP contribution is 2.53. The lowest BCUT2D eigenvalue weighted by Crippen LogP contribution is -2.24. The lowest BCUT2D eigenvalue weighted by atomic mass is 9.95. The molecule has 5 nitrogen and oxygen atoms in total. The summed E-state index contributed by atoms with van der Waals surface area (Å²) in [6.07, 6.45) is 3.84. The standard InChI is InChI=1S/C23H24Cl2N4OS/c1-14(2)29(4)13-26-19-12-18(25)20(11-15(19)3)30-22-27-21(28-31-22)23(9-10-23)16-5-7-17(24)8-6-16/h5-8,11-14H,9-10H2,1-4H3. The molecule has 0 saturated heterocycles. The van der Waals surface area contributed by atoms with Crippen LogP contribution in [0.25, 0.3) is 0 Å². The molecule has 3 aromatic rings. The maximum absolute atomic E-state index is 6.48. The third-order valence-electron chi connectivity index (χ3n) is 5.62. The highest BCUT2D eigenvalue weighted by Gasteiger charge is 2.49. The summed E-state index contributed by atoms with van der Waals surface area (Å²) in [7, 11) is 1.99. The Morgan fingerprint density at radius 3 is 2.55 bits per heavy atom. The predicted molar refractivity (Wildman–Crippen MR) is 129 cm³/mol. The van der Waals surface area contributed by atoms with Gasteiger partial charge in [0.2, 0.25) is 0 Å². The zero-order valence-electron chi connectivity index (χ0n) is 17.9. The highest BCUT2D eigenvalue weighted by molar-refractivity contribution is 7.07. The van der Waals surface area contributed by atoms with Crippen LogP contribution in [-0.2, 0) is 5.41 Å². The Kier molecular flexibility index (Phi) is 6.24. The number of aryl methyl sites for hydroxylation is 1. The Labute approximate surface area is 196 Å². The summed E-state index contributed by atoms with van der Waals surface area (Å²) in [6.45, 7) is 6.20. The van der Waals surface area contributed by atoms with Crippen molar-refractivity contribution in [2.24, 2.45) is 4.99 Å². The van der Waals surface area contributed by atoms with E-state index >= 15 is 0 Å². The Hall–Kier alpha value is -2.15. The van der Waals surface area contributed by atoms with Gasteiger partial charge in [0.05, 0.1) is 22.5 Å². The number of aromatic nitrogens is 2. The molecule has 1 fully saturated rings. The third-order valence-corrected chi connectivity index (χ3v) is 6.77. The topological polar surface area (TPSA) is 50.6 Å². The van der Waals surface area contributed by atoms with Crippen molar-refractivity contribution in [3.05, 3.63) is 63.4 Å². The van der Waals surface area contributed by atoms with Gasteiger partial charge in [-0.3, -0.25) is 0 Å². The molecule has 1 saturated carbocycles. The van der Waals surface area contributed by atoms with E-state index in [0.29, 0.717) is 22.0 Å². The SMILES string of the molecule is Cc1cc(Oc2nc(C3(c4ccc(Cl)cc4)CC3)ns2)c(Cl)cc1N=CN(C)C(C)C. The van der Waals surface area contributed by atoms with Crippen molar-refractivity contribution in [2.75, 3.05) is 7.05 Å². The van der Waals surface area contributed by atoms with E-state index in [-0.39, 0.29) is 5.41 Å². The van der Waals surface area contributed by atoms with E-state index in [1.165, 1.54) is 17.1 Å². The average Bonchev–Trinajstić information content (AvgIpc) is 3.41.